The summed E-state index contributed by atoms with van der Waals surface area (Å²) in [6, 6.07) is 2.56. The molecule has 0 saturated heterocycles. The van der Waals surface area contributed by atoms with E-state index in [0.717, 1.165) is 5.92 Å². The number of hydrogen-bond acceptors (Lipinski definition) is 2. The van der Waals surface area contributed by atoms with Gasteiger partial charge in [-0.2, -0.15) is 0 Å². The summed E-state index contributed by atoms with van der Waals surface area (Å²) in [4.78, 5) is 2.80. The molecule has 1 aromatic heterocycles. The molecule has 0 amide bonds. The average Bonchev–Trinajstić information content (AvgIpc) is 2.77. The van der Waals surface area contributed by atoms with Crippen LogP contribution in [0.2, 0.25) is 0 Å². The van der Waals surface area contributed by atoms with Crippen molar-refractivity contribution < 1.29 is 0 Å². The molecule has 0 radical (unpaired) electrons. The smallest absolute Gasteiger partial charge is 0.0421 e. The molecule has 1 atom stereocenters. The Hall–Kier alpha value is -0.340. The van der Waals surface area contributed by atoms with Crippen molar-refractivity contribution in [1.82, 2.24) is 0 Å². The summed E-state index contributed by atoms with van der Waals surface area (Å²) < 4.78 is 0. The second kappa shape index (κ2) is 2.86. The Bertz CT molecular complexity index is 286. The van der Waals surface area contributed by atoms with Crippen LogP contribution in [0.25, 0.3) is 0 Å². The Labute approximate surface area is 77.6 Å². The number of nitrogens with two attached hydrogens (primary N) is 1. The standard InChI is InChI=1S/C10H15NS/c1-6-5-7(2)12-10(6)9(11)8-3-4-8/h5,8-9H,3-4,11H2,1-2H3. The molecule has 1 aliphatic carbocycles. The number of thiophene rings is 1. The van der Waals surface area contributed by atoms with Gasteiger partial charge in [0.05, 0.1) is 0 Å². The Kier molecular flexibility index (Phi) is 1.97. The van der Waals surface area contributed by atoms with E-state index >= 15 is 0 Å². The van der Waals surface area contributed by atoms with E-state index in [1.165, 1.54) is 28.2 Å². The van der Waals surface area contributed by atoms with Gasteiger partial charge in [-0.3, -0.25) is 0 Å². The number of hydrogen-bond donors (Lipinski definition) is 1. The largest absolute Gasteiger partial charge is 0.323 e. The van der Waals surface area contributed by atoms with Crippen LogP contribution >= 0.6 is 11.3 Å². The minimum atomic E-state index is 0.323. The molecule has 1 saturated carbocycles. The third-order valence-corrected chi connectivity index (χ3v) is 3.77. The molecular weight excluding hydrogens is 166 g/mol. The van der Waals surface area contributed by atoms with Crippen LogP contribution in [0.1, 0.15) is 34.2 Å². The maximum absolute atomic E-state index is 6.12. The third kappa shape index (κ3) is 1.41. The normalized spacial score (nSPS) is 19.6. The van der Waals surface area contributed by atoms with Gasteiger partial charge < -0.3 is 5.73 Å². The van der Waals surface area contributed by atoms with Gasteiger partial charge in [0.2, 0.25) is 0 Å². The van der Waals surface area contributed by atoms with Crippen molar-refractivity contribution in [2.75, 3.05) is 0 Å². The minimum Gasteiger partial charge on any atom is -0.323 e. The summed E-state index contributed by atoms with van der Waals surface area (Å²) in [7, 11) is 0. The highest BCUT2D eigenvalue weighted by Crippen LogP contribution is 2.42. The molecule has 0 bridgehead atoms. The topological polar surface area (TPSA) is 26.0 Å². The van der Waals surface area contributed by atoms with Gasteiger partial charge in [0, 0.05) is 15.8 Å². The van der Waals surface area contributed by atoms with Gasteiger partial charge in [-0.15, -0.1) is 11.3 Å². The molecule has 2 rings (SSSR count). The monoisotopic (exact) mass is 181 g/mol. The van der Waals surface area contributed by atoms with Gasteiger partial charge in [0.15, 0.2) is 0 Å². The van der Waals surface area contributed by atoms with Gasteiger partial charge in [-0.1, -0.05) is 0 Å². The van der Waals surface area contributed by atoms with E-state index in [1.54, 1.807) is 0 Å². The van der Waals surface area contributed by atoms with Crippen molar-refractivity contribution in [3.63, 3.8) is 0 Å². The molecular formula is C10H15NS. The first-order valence-electron chi connectivity index (χ1n) is 4.51. The van der Waals surface area contributed by atoms with E-state index in [0.29, 0.717) is 6.04 Å². The van der Waals surface area contributed by atoms with E-state index in [9.17, 15) is 0 Å². The SMILES string of the molecule is Cc1cc(C)c(C(N)C2CC2)s1. The van der Waals surface area contributed by atoms with Crippen LogP contribution in [0.3, 0.4) is 0 Å². The summed E-state index contributed by atoms with van der Waals surface area (Å²) in [5.74, 6) is 0.779. The van der Waals surface area contributed by atoms with Crippen LogP contribution in [0.15, 0.2) is 6.07 Å². The zero-order chi connectivity index (χ0) is 8.72. The highest BCUT2D eigenvalue weighted by molar-refractivity contribution is 7.12. The van der Waals surface area contributed by atoms with E-state index in [-0.39, 0.29) is 0 Å². The zero-order valence-corrected chi connectivity index (χ0v) is 8.45. The Morgan fingerprint density at radius 3 is 2.58 bits per heavy atom. The molecule has 2 N–H and O–H groups in total. The van der Waals surface area contributed by atoms with Crippen LogP contribution < -0.4 is 5.73 Å². The molecule has 1 unspecified atom stereocenters. The van der Waals surface area contributed by atoms with Crippen LogP contribution in [0.5, 0.6) is 0 Å². The van der Waals surface area contributed by atoms with Gasteiger partial charge in [0.25, 0.3) is 0 Å². The van der Waals surface area contributed by atoms with Crippen LogP contribution in [-0.4, -0.2) is 0 Å². The lowest BCUT2D eigenvalue weighted by Crippen LogP contribution is -2.11. The molecule has 1 nitrogen and oxygen atoms in total. The molecule has 0 spiro atoms. The molecule has 0 aliphatic heterocycles. The van der Waals surface area contributed by atoms with Crippen LogP contribution in [0.4, 0.5) is 0 Å². The lowest BCUT2D eigenvalue weighted by molar-refractivity contribution is 0.642. The van der Waals surface area contributed by atoms with Crippen molar-refractivity contribution >= 4 is 11.3 Å². The van der Waals surface area contributed by atoms with Crippen molar-refractivity contribution in [3.8, 4) is 0 Å². The first-order chi connectivity index (χ1) is 5.68. The van der Waals surface area contributed by atoms with Gasteiger partial charge in [0.1, 0.15) is 0 Å². The molecule has 2 heteroatoms. The van der Waals surface area contributed by atoms with E-state index in [2.05, 4.69) is 19.9 Å². The quantitative estimate of drug-likeness (QED) is 0.746. The predicted molar refractivity (Wildman–Crippen MR) is 53.4 cm³/mol. The fourth-order valence-corrected chi connectivity index (χ4v) is 2.79. The molecule has 12 heavy (non-hydrogen) atoms. The second-order valence-corrected chi connectivity index (χ2v) is 5.06. The second-order valence-electron chi connectivity index (χ2n) is 3.77. The van der Waals surface area contributed by atoms with Crippen molar-refractivity contribution in [2.24, 2.45) is 11.7 Å². The summed E-state index contributed by atoms with van der Waals surface area (Å²) in [6.45, 7) is 4.32. The summed E-state index contributed by atoms with van der Waals surface area (Å²) in [5, 5.41) is 0. The van der Waals surface area contributed by atoms with Gasteiger partial charge >= 0.3 is 0 Å². The van der Waals surface area contributed by atoms with Gasteiger partial charge in [-0.25, -0.2) is 0 Å². The molecule has 66 valence electrons. The first-order valence-corrected chi connectivity index (χ1v) is 5.32. The Morgan fingerprint density at radius 1 is 1.50 bits per heavy atom. The molecule has 0 aromatic carbocycles. The maximum atomic E-state index is 6.12. The van der Waals surface area contributed by atoms with Crippen molar-refractivity contribution in [3.05, 3.63) is 21.4 Å². The minimum absolute atomic E-state index is 0.323. The summed E-state index contributed by atoms with van der Waals surface area (Å²) in [6.07, 6.45) is 2.66. The van der Waals surface area contributed by atoms with Crippen molar-refractivity contribution in [2.45, 2.75) is 32.7 Å². The fourth-order valence-electron chi connectivity index (χ4n) is 1.66. The zero-order valence-electron chi connectivity index (χ0n) is 7.63. The highest BCUT2D eigenvalue weighted by atomic mass is 32.1. The Morgan fingerprint density at radius 2 is 2.17 bits per heavy atom. The lowest BCUT2D eigenvalue weighted by Gasteiger charge is -2.08. The molecule has 1 aromatic rings. The average molecular weight is 181 g/mol. The Balaban J connectivity index is 2.25. The number of rotatable bonds is 2. The summed E-state index contributed by atoms with van der Waals surface area (Å²) >= 11 is 1.87. The third-order valence-electron chi connectivity index (χ3n) is 2.51. The van der Waals surface area contributed by atoms with Crippen molar-refractivity contribution in [1.29, 1.82) is 0 Å². The summed E-state index contributed by atoms with van der Waals surface area (Å²) in [5.41, 5.74) is 7.51. The van der Waals surface area contributed by atoms with E-state index in [4.69, 9.17) is 5.73 Å². The highest BCUT2D eigenvalue weighted by Gasteiger charge is 2.31. The van der Waals surface area contributed by atoms with E-state index < -0.39 is 0 Å². The predicted octanol–water partition coefficient (Wildman–Crippen LogP) is 2.77. The van der Waals surface area contributed by atoms with Crippen LogP contribution in [0, 0.1) is 19.8 Å². The lowest BCUT2D eigenvalue weighted by atomic mass is 10.1. The molecule has 1 fully saturated rings. The fraction of sp³-hybridized carbons (Fsp3) is 0.600. The molecule has 1 heterocycles. The van der Waals surface area contributed by atoms with Gasteiger partial charge in [-0.05, 0) is 44.2 Å². The van der Waals surface area contributed by atoms with E-state index in [1.807, 2.05) is 11.3 Å². The number of aryl methyl sites for hydroxylation is 2. The van der Waals surface area contributed by atoms with Crippen LogP contribution in [-0.2, 0) is 0 Å². The molecule has 1 aliphatic rings. The first kappa shape index (κ1) is 8.27. The maximum Gasteiger partial charge on any atom is 0.0421 e.